The lowest BCUT2D eigenvalue weighted by molar-refractivity contribution is 0.146. The number of anilines is 1. The molecule has 2 aromatic carbocycles. The number of ether oxygens (including phenoxy) is 1. The van der Waals surface area contributed by atoms with Crippen LogP contribution in [0.4, 0.5) is 5.69 Å². The first kappa shape index (κ1) is 15.5. The van der Waals surface area contributed by atoms with Crippen LogP contribution in [0.25, 0.3) is 10.8 Å². The van der Waals surface area contributed by atoms with Crippen LogP contribution in [0.5, 0.6) is 5.75 Å². The minimum atomic E-state index is 0.270. The van der Waals surface area contributed by atoms with Crippen LogP contribution in [0.3, 0.4) is 0 Å². The average Bonchev–Trinajstić information content (AvgIpc) is 2.48. The monoisotopic (exact) mass is 304 g/mol. The number of aromatic hydroxyl groups is 1. The number of rotatable bonds is 6. The molecule has 4 nitrogen and oxygen atoms in total. The fourth-order valence-electron chi connectivity index (χ4n) is 2.09. The van der Waals surface area contributed by atoms with Gasteiger partial charge in [0.15, 0.2) is 5.11 Å². The summed E-state index contributed by atoms with van der Waals surface area (Å²) >= 11 is 5.28. The van der Waals surface area contributed by atoms with Crippen molar-refractivity contribution in [2.24, 2.45) is 0 Å². The first-order valence-corrected chi connectivity index (χ1v) is 7.46. The van der Waals surface area contributed by atoms with Gasteiger partial charge in [-0.3, -0.25) is 0 Å². The maximum absolute atomic E-state index is 9.86. The molecule has 5 heteroatoms. The molecule has 0 saturated heterocycles. The van der Waals surface area contributed by atoms with E-state index in [2.05, 4.69) is 10.6 Å². The Morgan fingerprint density at radius 2 is 1.95 bits per heavy atom. The Kier molecular flexibility index (Phi) is 5.78. The standard InChI is InChI=1S/C16H20N2O2S/c1-2-20-11-5-10-17-16(21)18-14-8-3-7-13-12(14)6-4-9-15(13)19/h3-4,6-9,19H,2,5,10-11H2,1H3,(H2,17,18,21). The molecule has 0 saturated carbocycles. The van der Waals surface area contributed by atoms with E-state index in [9.17, 15) is 5.11 Å². The van der Waals surface area contributed by atoms with Gasteiger partial charge in [-0.2, -0.15) is 0 Å². The van der Waals surface area contributed by atoms with Crippen LogP contribution >= 0.6 is 12.2 Å². The molecule has 2 aromatic rings. The summed E-state index contributed by atoms with van der Waals surface area (Å²) in [5.41, 5.74) is 0.880. The van der Waals surface area contributed by atoms with Crippen molar-refractivity contribution in [1.29, 1.82) is 0 Å². The van der Waals surface area contributed by atoms with E-state index in [1.54, 1.807) is 6.07 Å². The molecular weight excluding hydrogens is 284 g/mol. The first-order valence-electron chi connectivity index (χ1n) is 7.05. The summed E-state index contributed by atoms with van der Waals surface area (Å²) in [7, 11) is 0. The number of benzene rings is 2. The Bertz CT molecular complexity index is 616. The van der Waals surface area contributed by atoms with E-state index >= 15 is 0 Å². The molecule has 0 aliphatic rings. The lowest BCUT2D eigenvalue weighted by Crippen LogP contribution is -2.29. The van der Waals surface area contributed by atoms with Gasteiger partial charge in [-0.05, 0) is 37.7 Å². The van der Waals surface area contributed by atoms with Gasteiger partial charge in [0.05, 0.1) is 0 Å². The second kappa shape index (κ2) is 7.81. The molecule has 2 rings (SSSR count). The second-order valence-corrected chi connectivity index (χ2v) is 5.02. The largest absolute Gasteiger partial charge is 0.507 e. The molecule has 0 radical (unpaired) electrons. The quantitative estimate of drug-likeness (QED) is 0.565. The number of phenols is 1. The summed E-state index contributed by atoms with van der Waals surface area (Å²) in [5.74, 6) is 0.270. The molecule has 0 heterocycles. The lowest BCUT2D eigenvalue weighted by atomic mass is 10.1. The van der Waals surface area contributed by atoms with E-state index in [1.807, 2.05) is 37.3 Å². The van der Waals surface area contributed by atoms with Gasteiger partial charge in [-0.15, -0.1) is 0 Å². The van der Waals surface area contributed by atoms with Crippen molar-refractivity contribution in [1.82, 2.24) is 5.32 Å². The van der Waals surface area contributed by atoms with E-state index in [0.717, 1.165) is 42.6 Å². The summed E-state index contributed by atoms with van der Waals surface area (Å²) in [6.45, 7) is 4.22. The Morgan fingerprint density at radius 1 is 1.19 bits per heavy atom. The summed E-state index contributed by atoms with van der Waals surface area (Å²) in [5, 5.41) is 18.5. The maximum atomic E-state index is 9.86. The summed E-state index contributed by atoms with van der Waals surface area (Å²) in [6.07, 6.45) is 0.909. The highest BCUT2D eigenvalue weighted by molar-refractivity contribution is 7.80. The first-order chi connectivity index (χ1) is 10.2. The summed E-state index contributed by atoms with van der Waals surface area (Å²) in [6, 6.07) is 11.2. The molecule has 0 aliphatic heterocycles. The van der Waals surface area contributed by atoms with Crippen LogP contribution in [0, 0.1) is 0 Å². The van der Waals surface area contributed by atoms with E-state index in [-0.39, 0.29) is 5.75 Å². The van der Waals surface area contributed by atoms with E-state index in [0.29, 0.717) is 5.11 Å². The Balaban J connectivity index is 1.97. The van der Waals surface area contributed by atoms with Crippen molar-refractivity contribution in [2.45, 2.75) is 13.3 Å². The Labute approximate surface area is 130 Å². The SMILES string of the molecule is CCOCCCNC(=S)Nc1cccc2c(O)cccc12. The zero-order valence-corrected chi connectivity index (χ0v) is 12.9. The molecule has 21 heavy (non-hydrogen) atoms. The van der Waals surface area contributed by atoms with Crippen molar-refractivity contribution < 1.29 is 9.84 Å². The molecule has 0 unspecified atom stereocenters. The summed E-state index contributed by atoms with van der Waals surface area (Å²) in [4.78, 5) is 0. The smallest absolute Gasteiger partial charge is 0.170 e. The molecule has 0 spiro atoms. The minimum absolute atomic E-state index is 0.270. The van der Waals surface area contributed by atoms with Gasteiger partial charge in [-0.25, -0.2) is 0 Å². The fraction of sp³-hybridized carbons (Fsp3) is 0.312. The topological polar surface area (TPSA) is 53.5 Å². The van der Waals surface area contributed by atoms with Gasteiger partial charge >= 0.3 is 0 Å². The van der Waals surface area contributed by atoms with Crippen LogP contribution in [0.1, 0.15) is 13.3 Å². The van der Waals surface area contributed by atoms with Gasteiger partial charge in [0.25, 0.3) is 0 Å². The molecule has 0 amide bonds. The van der Waals surface area contributed by atoms with E-state index in [4.69, 9.17) is 17.0 Å². The molecule has 0 aliphatic carbocycles. The zero-order valence-electron chi connectivity index (χ0n) is 12.1. The van der Waals surface area contributed by atoms with Gasteiger partial charge in [-0.1, -0.05) is 24.3 Å². The van der Waals surface area contributed by atoms with Crippen LogP contribution in [0.15, 0.2) is 36.4 Å². The van der Waals surface area contributed by atoms with Crippen LogP contribution in [-0.2, 0) is 4.74 Å². The Morgan fingerprint density at radius 3 is 2.76 bits per heavy atom. The minimum Gasteiger partial charge on any atom is -0.507 e. The summed E-state index contributed by atoms with van der Waals surface area (Å²) < 4.78 is 5.27. The Hall–Kier alpha value is -1.85. The second-order valence-electron chi connectivity index (χ2n) is 4.61. The highest BCUT2D eigenvalue weighted by atomic mass is 32.1. The predicted molar refractivity (Wildman–Crippen MR) is 90.9 cm³/mol. The third-order valence-corrected chi connectivity index (χ3v) is 3.35. The normalized spacial score (nSPS) is 10.5. The van der Waals surface area contributed by atoms with Crippen molar-refractivity contribution in [3.8, 4) is 5.75 Å². The number of phenolic OH excluding ortho intramolecular Hbond substituents is 1. The third kappa shape index (κ3) is 4.31. The van der Waals surface area contributed by atoms with Crippen LogP contribution in [0.2, 0.25) is 0 Å². The van der Waals surface area contributed by atoms with Crippen LogP contribution < -0.4 is 10.6 Å². The predicted octanol–water partition coefficient (Wildman–Crippen LogP) is 3.26. The molecule has 0 aromatic heterocycles. The lowest BCUT2D eigenvalue weighted by Gasteiger charge is -2.13. The van der Waals surface area contributed by atoms with Crippen molar-refractivity contribution in [3.63, 3.8) is 0 Å². The molecule has 0 fully saturated rings. The van der Waals surface area contributed by atoms with Crippen molar-refractivity contribution in [2.75, 3.05) is 25.1 Å². The van der Waals surface area contributed by atoms with Gasteiger partial charge < -0.3 is 20.5 Å². The molecule has 0 bridgehead atoms. The average molecular weight is 304 g/mol. The maximum Gasteiger partial charge on any atom is 0.170 e. The van der Waals surface area contributed by atoms with Crippen molar-refractivity contribution >= 4 is 33.8 Å². The zero-order chi connectivity index (χ0) is 15.1. The van der Waals surface area contributed by atoms with Crippen LogP contribution in [-0.4, -0.2) is 30.0 Å². The highest BCUT2D eigenvalue weighted by Gasteiger charge is 2.05. The van der Waals surface area contributed by atoms with Gasteiger partial charge in [0.1, 0.15) is 5.75 Å². The molecule has 3 N–H and O–H groups in total. The number of nitrogens with one attached hydrogen (secondary N) is 2. The highest BCUT2D eigenvalue weighted by Crippen LogP contribution is 2.29. The molecular formula is C16H20N2O2S. The van der Waals surface area contributed by atoms with Crippen molar-refractivity contribution in [3.05, 3.63) is 36.4 Å². The van der Waals surface area contributed by atoms with Gasteiger partial charge in [0, 0.05) is 36.2 Å². The third-order valence-electron chi connectivity index (χ3n) is 3.10. The number of fused-ring (bicyclic) bond motifs is 1. The number of hydrogen-bond acceptors (Lipinski definition) is 3. The molecule has 112 valence electrons. The van der Waals surface area contributed by atoms with E-state index in [1.165, 1.54) is 0 Å². The van der Waals surface area contributed by atoms with E-state index < -0.39 is 0 Å². The number of hydrogen-bond donors (Lipinski definition) is 3. The fourth-order valence-corrected chi connectivity index (χ4v) is 2.30. The molecule has 0 atom stereocenters. The van der Waals surface area contributed by atoms with Gasteiger partial charge in [0.2, 0.25) is 0 Å². The number of thiocarbonyl (C=S) groups is 1.